The van der Waals surface area contributed by atoms with Gasteiger partial charge in [0.05, 0.1) is 23.1 Å². The first-order chi connectivity index (χ1) is 16.9. The molecular weight excluding hydrogens is 502 g/mol. The first-order valence-corrected chi connectivity index (χ1v) is 12.0. The van der Waals surface area contributed by atoms with Crippen LogP contribution in [0.15, 0.2) is 71.8 Å². The zero-order valence-electron chi connectivity index (χ0n) is 18.7. The number of halogens is 4. The quantitative estimate of drug-likeness (QED) is 0.314. The van der Waals surface area contributed by atoms with Gasteiger partial charge >= 0.3 is 12.1 Å². The maximum atomic E-state index is 14.5. The summed E-state index contributed by atoms with van der Waals surface area (Å²) in [6.45, 7) is 0. The van der Waals surface area contributed by atoms with E-state index in [-0.39, 0.29) is 34.4 Å². The summed E-state index contributed by atoms with van der Waals surface area (Å²) in [5.41, 5.74) is -0.520. The summed E-state index contributed by atoms with van der Waals surface area (Å²) in [4.78, 5) is 10.9. The number of fused-ring (bicyclic) bond motifs is 1. The zero-order valence-corrected chi connectivity index (χ0v) is 19.5. The van der Waals surface area contributed by atoms with Crippen LogP contribution in [0.25, 0.3) is 22.0 Å². The largest absolute Gasteiger partial charge is 0.497 e. The Morgan fingerprint density at radius 3 is 2.44 bits per heavy atom. The highest BCUT2D eigenvalue weighted by Gasteiger charge is 2.31. The van der Waals surface area contributed by atoms with E-state index >= 15 is 0 Å². The van der Waals surface area contributed by atoms with Gasteiger partial charge in [-0.15, -0.1) is 0 Å². The minimum Gasteiger partial charge on any atom is -0.497 e. The number of carbonyl (C=O) groups is 1. The fourth-order valence-corrected chi connectivity index (χ4v) is 5.31. The molecule has 1 heterocycles. The first kappa shape index (κ1) is 25.2. The van der Waals surface area contributed by atoms with Gasteiger partial charge < -0.3 is 9.84 Å². The van der Waals surface area contributed by atoms with E-state index in [1.54, 1.807) is 12.1 Å². The Labute approximate surface area is 203 Å². The lowest BCUT2D eigenvalue weighted by Gasteiger charge is -2.12. The second-order valence-corrected chi connectivity index (χ2v) is 9.77. The molecule has 0 saturated heterocycles. The average molecular weight is 521 g/mol. The number of rotatable bonds is 7. The van der Waals surface area contributed by atoms with Gasteiger partial charge in [-0.3, -0.25) is 4.79 Å². The van der Waals surface area contributed by atoms with Crippen LogP contribution in [0.2, 0.25) is 0 Å². The molecule has 0 amide bonds. The van der Waals surface area contributed by atoms with Crippen molar-refractivity contribution < 1.29 is 40.6 Å². The van der Waals surface area contributed by atoms with Crippen LogP contribution in [0, 0.1) is 5.82 Å². The summed E-state index contributed by atoms with van der Waals surface area (Å²) in [5, 5.41) is 9.56. The molecule has 6 nitrogen and oxygen atoms in total. The standard InChI is InChI=1S/C25H19F4NO5S/c1-35-18-7-9-23-21(13-18)16(5-10-24(31)32)14-30(23)36(33,34)19-4-2-3-15(11-19)20-8-6-17(12-22(20)26)25(27,28)29/h2-4,6-9,11-14H,5,10H2,1H3,(H,31,32). The van der Waals surface area contributed by atoms with Crippen LogP contribution in [-0.2, 0) is 27.4 Å². The number of benzene rings is 3. The van der Waals surface area contributed by atoms with Crippen molar-refractivity contribution in [2.24, 2.45) is 0 Å². The second-order valence-electron chi connectivity index (χ2n) is 7.95. The van der Waals surface area contributed by atoms with Crippen LogP contribution >= 0.6 is 0 Å². The van der Waals surface area contributed by atoms with Gasteiger partial charge in [-0.05, 0) is 60.0 Å². The summed E-state index contributed by atoms with van der Waals surface area (Å²) in [6.07, 6.45) is -3.55. The number of ether oxygens (including phenoxy) is 1. The first-order valence-electron chi connectivity index (χ1n) is 10.5. The molecule has 36 heavy (non-hydrogen) atoms. The van der Waals surface area contributed by atoms with Crippen LogP contribution in [-0.4, -0.2) is 30.6 Å². The van der Waals surface area contributed by atoms with Crippen molar-refractivity contribution in [2.75, 3.05) is 7.11 Å². The summed E-state index contributed by atoms with van der Waals surface area (Å²) < 4.78 is 86.6. The number of nitrogens with zero attached hydrogens (tertiary/aromatic N) is 1. The van der Waals surface area contributed by atoms with Crippen molar-refractivity contribution in [2.45, 2.75) is 23.9 Å². The molecule has 0 unspecified atom stereocenters. The second kappa shape index (κ2) is 9.30. The topological polar surface area (TPSA) is 85.6 Å². The van der Waals surface area contributed by atoms with Crippen LogP contribution < -0.4 is 4.74 Å². The van der Waals surface area contributed by atoms with Crippen LogP contribution in [0.1, 0.15) is 17.5 Å². The van der Waals surface area contributed by atoms with Crippen molar-refractivity contribution in [1.29, 1.82) is 0 Å². The van der Waals surface area contributed by atoms with E-state index in [4.69, 9.17) is 9.84 Å². The normalized spacial score (nSPS) is 12.1. The third kappa shape index (κ3) is 4.78. The van der Waals surface area contributed by atoms with Gasteiger partial charge in [-0.25, -0.2) is 16.8 Å². The lowest BCUT2D eigenvalue weighted by Crippen LogP contribution is -2.12. The third-order valence-corrected chi connectivity index (χ3v) is 7.34. The smallest absolute Gasteiger partial charge is 0.416 e. The molecule has 4 rings (SSSR count). The lowest BCUT2D eigenvalue weighted by atomic mass is 10.0. The van der Waals surface area contributed by atoms with Crippen molar-refractivity contribution in [1.82, 2.24) is 3.97 Å². The van der Waals surface area contributed by atoms with Crippen molar-refractivity contribution in [3.05, 3.63) is 83.8 Å². The molecule has 1 N–H and O–H groups in total. The minimum absolute atomic E-state index is 0.0678. The minimum atomic E-state index is -4.72. The maximum absolute atomic E-state index is 14.5. The Kier molecular flexibility index (Phi) is 6.52. The molecule has 0 aliphatic heterocycles. The molecule has 0 bridgehead atoms. The van der Waals surface area contributed by atoms with Gasteiger partial charge in [0.2, 0.25) is 0 Å². The summed E-state index contributed by atoms with van der Waals surface area (Å²) in [6, 6.07) is 11.9. The van der Waals surface area contributed by atoms with Gasteiger partial charge in [0.1, 0.15) is 11.6 Å². The summed E-state index contributed by atoms with van der Waals surface area (Å²) >= 11 is 0. The lowest BCUT2D eigenvalue weighted by molar-refractivity contribution is -0.138. The van der Waals surface area contributed by atoms with E-state index in [2.05, 4.69) is 0 Å². The van der Waals surface area contributed by atoms with E-state index in [9.17, 15) is 30.8 Å². The Morgan fingerprint density at radius 1 is 1.06 bits per heavy atom. The van der Waals surface area contributed by atoms with Crippen molar-refractivity contribution in [3.63, 3.8) is 0 Å². The number of aryl methyl sites for hydroxylation is 1. The number of carboxylic acids is 1. The SMILES string of the molecule is COc1ccc2c(c1)c(CCC(=O)O)cn2S(=O)(=O)c1cccc(-c2ccc(C(F)(F)F)cc2F)c1. The molecule has 3 aromatic carbocycles. The van der Waals surface area contributed by atoms with E-state index in [0.29, 0.717) is 22.8 Å². The molecule has 188 valence electrons. The highest BCUT2D eigenvalue weighted by atomic mass is 32.2. The average Bonchev–Trinajstić information content (AvgIpc) is 3.20. The van der Waals surface area contributed by atoms with E-state index in [0.717, 1.165) is 16.1 Å². The molecular formula is C25H19F4NO5S. The molecule has 0 atom stereocenters. The van der Waals surface area contributed by atoms with Gasteiger partial charge in [0.15, 0.2) is 0 Å². The molecule has 4 aromatic rings. The Bertz CT molecular complexity index is 1580. The van der Waals surface area contributed by atoms with Crippen LogP contribution in [0.3, 0.4) is 0 Å². The predicted octanol–water partition coefficient (Wildman–Crippen LogP) is 5.73. The molecule has 0 saturated carbocycles. The van der Waals surface area contributed by atoms with Gasteiger partial charge in [0, 0.05) is 23.6 Å². The monoisotopic (exact) mass is 521 g/mol. The molecule has 11 heteroatoms. The number of methoxy groups -OCH3 is 1. The van der Waals surface area contributed by atoms with E-state index in [1.165, 1.54) is 43.6 Å². The number of carboxylic acid groups (broad SMARTS) is 1. The molecule has 0 radical (unpaired) electrons. The summed E-state index contributed by atoms with van der Waals surface area (Å²) in [5.74, 6) is -1.74. The Morgan fingerprint density at radius 2 is 1.81 bits per heavy atom. The van der Waals surface area contributed by atoms with E-state index in [1.807, 2.05) is 0 Å². The van der Waals surface area contributed by atoms with Gasteiger partial charge in [-0.2, -0.15) is 13.2 Å². The molecule has 1 aromatic heterocycles. The molecule has 0 spiro atoms. The number of hydrogen-bond acceptors (Lipinski definition) is 4. The fourth-order valence-electron chi connectivity index (χ4n) is 3.88. The predicted molar refractivity (Wildman–Crippen MR) is 124 cm³/mol. The van der Waals surface area contributed by atoms with Crippen molar-refractivity contribution >= 4 is 26.9 Å². The Hall–Kier alpha value is -3.86. The number of hydrogen-bond donors (Lipinski definition) is 1. The molecule has 0 aliphatic rings. The Balaban J connectivity index is 1.81. The van der Waals surface area contributed by atoms with Gasteiger partial charge in [0.25, 0.3) is 10.0 Å². The highest BCUT2D eigenvalue weighted by Crippen LogP contribution is 2.34. The number of alkyl halides is 3. The highest BCUT2D eigenvalue weighted by molar-refractivity contribution is 7.90. The number of aliphatic carboxylic acids is 1. The zero-order chi connectivity index (χ0) is 26.3. The third-order valence-electron chi connectivity index (χ3n) is 5.67. The fraction of sp³-hybridized carbons (Fsp3) is 0.160. The maximum Gasteiger partial charge on any atom is 0.416 e. The van der Waals surface area contributed by atoms with Crippen molar-refractivity contribution in [3.8, 4) is 16.9 Å². The van der Waals surface area contributed by atoms with Crippen LogP contribution in [0.4, 0.5) is 17.6 Å². The number of aromatic nitrogens is 1. The van der Waals surface area contributed by atoms with E-state index < -0.39 is 33.5 Å². The molecule has 0 aliphatic carbocycles. The molecule has 0 fully saturated rings. The van der Waals surface area contributed by atoms with Gasteiger partial charge in [-0.1, -0.05) is 18.2 Å². The summed E-state index contributed by atoms with van der Waals surface area (Å²) in [7, 11) is -2.81. The van der Waals surface area contributed by atoms with Crippen LogP contribution in [0.5, 0.6) is 5.75 Å².